The molecule has 0 fully saturated rings. The summed E-state index contributed by atoms with van der Waals surface area (Å²) in [4.78, 5) is 27.7. The van der Waals surface area contributed by atoms with Crippen LogP contribution in [0.3, 0.4) is 0 Å². The molecule has 2 aromatic rings. The predicted octanol–water partition coefficient (Wildman–Crippen LogP) is 1.35. The molecule has 1 aromatic carbocycles. The van der Waals surface area contributed by atoms with Gasteiger partial charge in [0.2, 0.25) is 5.82 Å². The van der Waals surface area contributed by atoms with Crippen molar-refractivity contribution in [2.24, 2.45) is 0 Å². The van der Waals surface area contributed by atoms with Crippen LogP contribution in [0.1, 0.15) is 16.2 Å². The molecule has 0 aliphatic heterocycles. The Morgan fingerprint density at radius 1 is 1.48 bits per heavy atom. The van der Waals surface area contributed by atoms with Crippen LogP contribution in [-0.2, 0) is 0 Å². The maximum atomic E-state index is 12.0. The third kappa shape index (κ3) is 2.57. The highest BCUT2D eigenvalue weighted by Gasteiger charge is 2.20. The SMILES string of the molecule is CN(C)C(=O)c1ccc([N+](=O)[O-])c(-n2ccnc2C#N)c1. The van der Waals surface area contributed by atoms with Crippen LogP contribution in [0.25, 0.3) is 5.69 Å². The predicted molar refractivity (Wildman–Crippen MR) is 73.0 cm³/mol. The molecule has 0 atom stereocenters. The number of nitrogens with zero attached hydrogens (tertiary/aromatic N) is 5. The van der Waals surface area contributed by atoms with Crippen molar-refractivity contribution in [3.8, 4) is 11.8 Å². The van der Waals surface area contributed by atoms with Crippen LogP contribution < -0.4 is 0 Å². The molecule has 21 heavy (non-hydrogen) atoms. The minimum atomic E-state index is -0.569. The number of amides is 1. The van der Waals surface area contributed by atoms with E-state index in [4.69, 9.17) is 5.26 Å². The molecule has 0 saturated carbocycles. The lowest BCUT2D eigenvalue weighted by Crippen LogP contribution is -2.22. The summed E-state index contributed by atoms with van der Waals surface area (Å²) in [5.74, 6) is -0.280. The molecule has 0 N–H and O–H groups in total. The smallest absolute Gasteiger partial charge is 0.293 e. The van der Waals surface area contributed by atoms with Gasteiger partial charge in [-0.3, -0.25) is 19.5 Å². The second kappa shape index (κ2) is 5.42. The maximum absolute atomic E-state index is 12.0. The van der Waals surface area contributed by atoms with Gasteiger partial charge >= 0.3 is 0 Å². The van der Waals surface area contributed by atoms with Gasteiger partial charge in [-0.15, -0.1) is 0 Å². The van der Waals surface area contributed by atoms with Gasteiger partial charge in [0.05, 0.1) is 4.92 Å². The molecule has 0 bridgehead atoms. The molecular formula is C13H11N5O3. The molecular weight excluding hydrogens is 274 g/mol. The summed E-state index contributed by atoms with van der Waals surface area (Å²) in [7, 11) is 3.17. The van der Waals surface area contributed by atoms with Crippen LogP contribution in [0, 0.1) is 21.4 Å². The monoisotopic (exact) mass is 285 g/mol. The summed E-state index contributed by atoms with van der Waals surface area (Å²) in [5.41, 5.74) is 0.208. The van der Waals surface area contributed by atoms with Crippen molar-refractivity contribution in [1.82, 2.24) is 14.5 Å². The van der Waals surface area contributed by atoms with Crippen LogP contribution in [0.5, 0.6) is 0 Å². The van der Waals surface area contributed by atoms with Crippen LogP contribution >= 0.6 is 0 Å². The lowest BCUT2D eigenvalue weighted by molar-refractivity contribution is -0.384. The van der Waals surface area contributed by atoms with E-state index >= 15 is 0 Å². The zero-order chi connectivity index (χ0) is 15.6. The van der Waals surface area contributed by atoms with Gasteiger partial charge in [-0.05, 0) is 12.1 Å². The second-order valence-corrected chi connectivity index (χ2v) is 4.39. The van der Waals surface area contributed by atoms with Crippen molar-refractivity contribution >= 4 is 11.6 Å². The maximum Gasteiger partial charge on any atom is 0.293 e. The molecule has 8 heteroatoms. The van der Waals surface area contributed by atoms with Crippen molar-refractivity contribution < 1.29 is 9.72 Å². The molecule has 1 aromatic heterocycles. The number of nitriles is 1. The lowest BCUT2D eigenvalue weighted by Gasteiger charge is -2.12. The molecule has 0 aliphatic rings. The molecule has 0 radical (unpaired) electrons. The Morgan fingerprint density at radius 2 is 2.19 bits per heavy atom. The Morgan fingerprint density at radius 3 is 2.76 bits per heavy atom. The fourth-order valence-corrected chi connectivity index (χ4v) is 1.84. The van der Waals surface area contributed by atoms with Crippen molar-refractivity contribution in [2.45, 2.75) is 0 Å². The molecule has 2 rings (SSSR count). The Kier molecular flexibility index (Phi) is 3.67. The Labute approximate surface area is 120 Å². The van der Waals surface area contributed by atoms with Gasteiger partial charge < -0.3 is 4.90 Å². The highest BCUT2D eigenvalue weighted by Crippen LogP contribution is 2.25. The number of nitro benzene ring substituents is 1. The summed E-state index contributed by atoms with van der Waals surface area (Å²) in [6, 6.07) is 5.85. The number of benzene rings is 1. The molecule has 0 saturated heterocycles. The van der Waals surface area contributed by atoms with E-state index in [9.17, 15) is 14.9 Å². The summed E-state index contributed by atoms with van der Waals surface area (Å²) >= 11 is 0. The second-order valence-electron chi connectivity index (χ2n) is 4.39. The van der Waals surface area contributed by atoms with E-state index < -0.39 is 4.92 Å². The standard InChI is InChI=1S/C13H11N5O3/c1-16(2)13(19)9-3-4-10(18(20)21)11(7-9)17-6-5-15-12(17)8-14/h3-7H,1-2H3. The van der Waals surface area contributed by atoms with E-state index in [1.165, 1.54) is 40.1 Å². The highest BCUT2D eigenvalue weighted by molar-refractivity contribution is 5.95. The van der Waals surface area contributed by atoms with Gasteiger partial charge in [0.25, 0.3) is 11.6 Å². The first kappa shape index (κ1) is 14.2. The van der Waals surface area contributed by atoms with Crippen LogP contribution in [-0.4, -0.2) is 39.4 Å². The van der Waals surface area contributed by atoms with E-state index in [1.54, 1.807) is 14.1 Å². The third-order valence-electron chi connectivity index (χ3n) is 2.83. The van der Waals surface area contributed by atoms with Crippen molar-refractivity contribution in [2.75, 3.05) is 14.1 Å². The topological polar surface area (TPSA) is 105 Å². The molecule has 1 amide bonds. The zero-order valence-corrected chi connectivity index (χ0v) is 11.3. The molecule has 106 valence electrons. The average Bonchev–Trinajstić information content (AvgIpc) is 2.93. The minimum Gasteiger partial charge on any atom is -0.345 e. The van der Waals surface area contributed by atoms with E-state index in [0.717, 1.165) is 0 Å². The van der Waals surface area contributed by atoms with Gasteiger partial charge in [-0.25, -0.2) is 4.98 Å². The minimum absolute atomic E-state index is 0.00699. The van der Waals surface area contributed by atoms with Crippen LogP contribution in [0.4, 0.5) is 5.69 Å². The molecule has 0 unspecified atom stereocenters. The van der Waals surface area contributed by atoms with Gasteiger partial charge in [0, 0.05) is 38.1 Å². The number of hydrogen-bond acceptors (Lipinski definition) is 5. The normalized spacial score (nSPS) is 9.95. The first-order valence-electron chi connectivity index (χ1n) is 5.89. The molecule has 1 heterocycles. The van der Waals surface area contributed by atoms with Crippen molar-refractivity contribution in [3.05, 3.63) is 52.1 Å². The number of nitro groups is 1. The van der Waals surface area contributed by atoms with Gasteiger partial charge in [-0.2, -0.15) is 5.26 Å². The van der Waals surface area contributed by atoms with Crippen LogP contribution in [0.2, 0.25) is 0 Å². The number of carbonyl (C=O) groups excluding carboxylic acids is 1. The fourth-order valence-electron chi connectivity index (χ4n) is 1.84. The summed E-state index contributed by atoms with van der Waals surface area (Å²) < 4.78 is 1.28. The molecule has 0 aliphatic carbocycles. The average molecular weight is 285 g/mol. The van der Waals surface area contributed by atoms with Crippen molar-refractivity contribution in [3.63, 3.8) is 0 Å². The number of rotatable bonds is 3. The highest BCUT2D eigenvalue weighted by atomic mass is 16.6. The summed E-state index contributed by atoms with van der Waals surface area (Å²) in [6.45, 7) is 0. The zero-order valence-electron chi connectivity index (χ0n) is 11.3. The lowest BCUT2D eigenvalue weighted by atomic mass is 10.1. The van der Waals surface area contributed by atoms with Gasteiger partial charge in [0.15, 0.2) is 0 Å². The number of carbonyl (C=O) groups is 1. The summed E-state index contributed by atoms with van der Waals surface area (Å²) in [6.07, 6.45) is 2.80. The van der Waals surface area contributed by atoms with E-state index in [1.807, 2.05) is 6.07 Å². The Balaban J connectivity index is 2.67. The van der Waals surface area contributed by atoms with Crippen molar-refractivity contribution in [1.29, 1.82) is 5.26 Å². The number of aromatic nitrogens is 2. The van der Waals surface area contributed by atoms with E-state index in [0.29, 0.717) is 0 Å². The van der Waals surface area contributed by atoms with Crippen LogP contribution in [0.15, 0.2) is 30.6 Å². The van der Waals surface area contributed by atoms with Gasteiger partial charge in [0.1, 0.15) is 11.8 Å². The molecule has 0 spiro atoms. The third-order valence-corrected chi connectivity index (χ3v) is 2.83. The van der Waals surface area contributed by atoms with E-state index in [-0.39, 0.29) is 28.7 Å². The van der Waals surface area contributed by atoms with E-state index in [2.05, 4.69) is 4.98 Å². The number of imidazole rings is 1. The quantitative estimate of drug-likeness (QED) is 0.625. The first-order valence-corrected chi connectivity index (χ1v) is 5.89. The Bertz CT molecular complexity index is 757. The largest absolute Gasteiger partial charge is 0.345 e. The molecule has 8 nitrogen and oxygen atoms in total. The van der Waals surface area contributed by atoms with Gasteiger partial charge in [-0.1, -0.05) is 0 Å². The Hall–Kier alpha value is -3.21. The number of hydrogen-bond donors (Lipinski definition) is 0. The summed E-state index contributed by atoms with van der Waals surface area (Å²) in [5, 5.41) is 20.1. The fraction of sp³-hybridized carbons (Fsp3) is 0.154. The first-order chi connectivity index (χ1) is 9.95.